The number of nitrogens with zero attached hydrogens (tertiary/aromatic N) is 1. The maximum atomic E-state index is 14.6. The minimum Gasteiger partial charge on any atom is -0.479 e. The maximum absolute atomic E-state index is 14.6. The number of thioether (sulfide) groups is 1. The third kappa shape index (κ3) is 10.3. The molecule has 1 aliphatic rings. The fraction of sp³-hybridized carbons (Fsp3) is 0.585. The number of hydrogen-bond acceptors (Lipinski definition) is 5. The summed E-state index contributed by atoms with van der Waals surface area (Å²) in [5.41, 5.74) is -0.739. The molecule has 3 atom stereocenters. The van der Waals surface area contributed by atoms with E-state index >= 15 is 0 Å². The Balaban J connectivity index is 1.80. The molecule has 2 aromatic carbocycles. The van der Waals surface area contributed by atoms with Crippen LogP contribution in [0.1, 0.15) is 129 Å². The lowest BCUT2D eigenvalue weighted by Crippen LogP contribution is -2.56. The zero-order valence-corrected chi connectivity index (χ0v) is 31.1. The maximum Gasteiger partial charge on any atom is 0.336 e. The molecule has 9 heteroatoms. The van der Waals surface area contributed by atoms with Gasteiger partial charge in [0, 0.05) is 12.8 Å². The van der Waals surface area contributed by atoms with Crippen LogP contribution in [0.2, 0.25) is 0 Å². The van der Waals surface area contributed by atoms with Gasteiger partial charge in [-0.05, 0) is 60.9 Å². The first-order valence-corrected chi connectivity index (χ1v) is 19.3. The third-order valence-electron chi connectivity index (χ3n) is 9.83. The van der Waals surface area contributed by atoms with E-state index in [0.29, 0.717) is 44.9 Å². The summed E-state index contributed by atoms with van der Waals surface area (Å²) in [7, 11) is 0. The van der Waals surface area contributed by atoms with E-state index in [-0.39, 0.29) is 25.2 Å². The number of amides is 2. The van der Waals surface area contributed by atoms with Gasteiger partial charge in [0.1, 0.15) is 0 Å². The highest BCUT2D eigenvalue weighted by atomic mass is 32.2. The molecule has 0 spiro atoms. The third-order valence-corrected chi connectivity index (χ3v) is 11.2. The van der Waals surface area contributed by atoms with Crippen molar-refractivity contribution in [1.82, 2.24) is 4.90 Å². The van der Waals surface area contributed by atoms with Crippen molar-refractivity contribution in [3.63, 3.8) is 0 Å². The second-order valence-electron chi connectivity index (χ2n) is 14.1. The van der Waals surface area contributed by atoms with Crippen LogP contribution >= 0.6 is 11.8 Å². The van der Waals surface area contributed by atoms with Crippen molar-refractivity contribution in [2.24, 2.45) is 11.8 Å². The molecule has 3 rings (SSSR count). The molecule has 0 aliphatic carbocycles. The fourth-order valence-electron chi connectivity index (χ4n) is 7.25. The Hall–Kier alpha value is -3.04. The SMILES string of the molecule is CCCCCCCC(F)(F)CCCCCCC=C[C@H](C(=O)N1C(=O)SC(c2ccccc2)(c2ccccc2)[C@@H]1C(C)C)[C@@](O)(CCC)C(=O)O. The Morgan fingerprint density at radius 1 is 0.840 bits per heavy atom. The lowest BCUT2D eigenvalue weighted by molar-refractivity contribution is -0.169. The normalized spacial score (nSPS) is 18.1. The molecular weight excluding hydrogens is 657 g/mol. The van der Waals surface area contributed by atoms with Gasteiger partial charge in [-0.15, -0.1) is 0 Å². The first kappa shape index (κ1) is 41.4. The van der Waals surface area contributed by atoms with Gasteiger partial charge in [-0.3, -0.25) is 14.5 Å². The van der Waals surface area contributed by atoms with E-state index in [4.69, 9.17) is 0 Å². The first-order chi connectivity index (χ1) is 23.9. The number of alkyl halides is 2. The molecular formula is C41H57F2NO5S. The van der Waals surface area contributed by atoms with Crippen LogP contribution in [0.4, 0.5) is 13.6 Å². The summed E-state index contributed by atoms with van der Waals surface area (Å²) < 4.78 is 27.6. The van der Waals surface area contributed by atoms with Crippen molar-refractivity contribution in [3.05, 3.63) is 83.9 Å². The highest BCUT2D eigenvalue weighted by molar-refractivity contribution is 8.15. The van der Waals surface area contributed by atoms with E-state index in [1.165, 1.54) is 11.0 Å². The lowest BCUT2D eigenvalue weighted by Gasteiger charge is -2.41. The van der Waals surface area contributed by atoms with Gasteiger partial charge in [0.25, 0.3) is 5.24 Å². The summed E-state index contributed by atoms with van der Waals surface area (Å²) in [5.74, 6) is -6.64. The first-order valence-electron chi connectivity index (χ1n) is 18.5. The molecule has 50 heavy (non-hydrogen) atoms. The number of carboxylic acids is 1. The highest BCUT2D eigenvalue weighted by Crippen LogP contribution is 2.56. The van der Waals surface area contributed by atoms with Gasteiger partial charge in [-0.2, -0.15) is 0 Å². The summed E-state index contributed by atoms with van der Waals surface area (Å²) in [6.45, 7) is 7.71. The molecule has 1 saturated heterocycles. The molecule has 0 bridgehead atoms. The van der Waals surface area contributed by atoms with Gasteiger partial charge in [0.2, 0.25) is 11.8 Å². The number of carbonyl (C=O) groups excluding carboxylic acids is 2. The standard InChI is InChI=1S/C41H57F2NO5S/c1-5-7-8-12-21-29-39(42,43)30-22-13-10-9-11-20-27-34(40(49,28-6-2)37(46)47)36(45)44-35(31(3)4)41(50-38(44)48,32-23-16-14-17-24-32)33-25-18-15-19-26-33/h14-20,23-27,31,34-35,49H,5-13,21-22,28-30H2,1-4H3,(H,46,47)/t34-,35+,40+/m1/s1. The van der Waals surface area contributed by atoms with Gasteiger partial charge in [-0.1, -0.05) is 145 Å². The van der Waals surface area contributed by atoms with Crippen molar-refractivity contribution in [3.8, 4) is 0 Å². The summed E-state index contributed by atoms with van der Waals surface area (Å²) in [5, 5.41) is 21.4. The lowest BCUT2D eigenvalue weighted by atomic mass is 9.77. The molecule has 1 aliphatic heterocycles. The number of unbranched alkanes of at least 4 members (excludes halogenated alkanes) is 8. The van der Waals surface area contributed by atoms with E-state index in [9.17, 15) is 33.4 Å². The van der Waals surface area contributed by atoms with Crippen molar-refractivity contribution < 1.29 is 33.4 Å². The minimum atomic E-state index is -2.64. The van der Waals surface area contributed by atoms with E-state index < -0.39 is 45.3 Å². The summed E-state index contributed by atoms with van der Waals surface area (Å²) in [6, 6.07) is 18.4. The Labute approximate surface area is 302 Å². The topological polar surface area (TPSA) is 94.9 Å². The van der Waals surface area contributed by atoms with Crippen molar-refractivity contribution >= 4 is 28.9 Å². The van der Waals surface area contributed by atoms with Gasteiger partial charge in [-0.25, -0.2) is 13.6 Å². The van der Waals surface area contributed by atoms with Crippen molar-refractivity contribution in [2.45, 2.75) is 140 Å². The number of imide groups is 1. The predicted molar refractivity (Wildman–Crippen MR) is 198 cm³/mol. The van der Waals surface area contributed by atoms with Crippen LogP contribution in [-0.4, -0.2) is 49.8 Å². The molecule has 1 fully saturated rings. The average Bonchev–Trinajstić information content (AvgIpc) is 3.42. The van der Waals surface area contributed by atoms with E-state index in [1.54, 1.807) is 13.0 Å². The minimum absolute atomic E-state index is 0.0629. The van der Waals surface area contributed by atoms with Crippen molar-refractivity contribution in [2.75, 3.05) is 0 Å². The zero-order valence-electron chi connectivity index (χ0n) is 30.3. The molecule has 276 valence electrons. The molecule has 2 amide bonds. The Kier molecular flexibility index (Phi) is 16.2. The second kappa shape index (κ2) is 19.5. The number of rotatable bonds is 22. The number of halogens is 2. The summed E-state index contributed by atoms with van der Waals surface area (Å²) in [4.78, 5) is 42.5. The Morgan fingerprint density at radius 3 is 1.84 bits per heavy atom. The predicted octanol–water partition coefficient (Wildman–Crippen LogP) is 10.8. The number of carbonyl (C=O) groups is 3. The van der Waals surface area contributed by atoms with Crippen LogP contribution in [0.3, 0.4) is 0 Å². The Morgan fingerprint density at radius 2 is 1.36 bits per heavy atom. The Bertz CT molecular complexity index is 1350. The average molecular weight is 714 g/mol. The van der Waals surface area contributed by atoms with E-state index in [2.05, 4.69) is 6.92 Å². The van der Waals surface area contributed by atoms with Gasteiger partial charge in [0.15, 0.2) is 5.60 Å². The smallest absolute Gasteiger partial charge is 0.336 e. The molecule has 2 N–H and O–H groups in total. The molecule has 2 aromatic rings. The zero-order chi connectivity index (χ0) is 36.8. The van der Waals surface area contributed by atoms with Crippen LogP contribution in [0, 0.1) is 11.8 Å². The summed E-state index contributed by atoms with van der Waals surface area (Å²) >= 11 is 1.05. The van der Waals surface area contributed by atoms with Crippen LogP contribution in [-0.2, 0) is 14.3 Å². The van der Waals surface area contributed by atoms with Crippen LogP contribution < -0.4 is 0 Å². The number of carboxylic acid groups (broad SMARTS) is 1. The van der Waals surface area contributed by atoms with E-state index in [0.717, 1.165) is 48.6 Å². The number of aliphatic carboxylic acids is 1. The van der Waals surface area contributed by atoms with Crippen LogP contribution in [0.15, 0.2) is 72.8 Å². The summed E-state index contributed by atoms with van der Waals surface area (Å²) in [6.07, 6.45) is 10.6. The molecule has 6 nitrogen and oxygen atoms in total. The number of aliphatic hydroxyl groups is 1. The molecule has 0 radical (unpaired) electrons. The van der Waals surface area contributed by atoms with Gasteiger partial charge in [0.05, 0.1) is 16.7 Å². The number of allylic oxidation sites excluding steroid dienone is 1. The van der Waals surface area contributed by atoms with Crippen molar-refractivity contribution in [1.29, 1.82) is 0 Å². The largest absolute Gasteiger partial charge is 0.479 e. The monoisotopic (exact) mass is 713 g/mol. The van der Waals surface area contributed by atoms with Gasteiger partial charge < -0.3 is 10.2 Å². The van der Waals surface area contributed by atoms with E-state index in [1.807, 2.05) is 74.5 Å². The number of hydrogen-bond donors (Lipinski definition) is 2. The molecule has 1 heterocycles. The highest BCUT2D eigenvalue weighted by Gasteiger charge is 2.60. The van der Waals surface area contributed by atoms with Crippen LogP contribution in [0.25, 0.3) is 0 Å². The fourth-order valence-corrected chi connectivity index (χ4v) is 8.83. The number of benzene rings is 2. The molecule has 0 saturated carbocycles. The van der Waals surface area contributed by atoms with Crippen LogP contribution in [0.5, 0.6) is 0 Å². The second-order valence-corrected chi connectivity index (χ2v) is 15.3. The van der Waals surface area contributed by atoms with Gasteiger partial charge >= 0.3 is 5.97 Å². The molecule has 0 unspecified atom stereocenters. The quantitative estimate of drug-likeness (QED) is 0.0932. The molecule has 0 aromatic heterocycles.